The van der Waals surface area contributed by atoms with Crippen LogP contribution in [0.3, 0.4) is 0 Å². The second kappa shape index (κ2) is 6.54. The number of aryl methyl sites for hydroxylation is 1. The molecule has 2 aliphatic rings. The number of methoxy groups -OCH3 is 2. The van der Waals surface area contributed by atoms with E-state index in [1.54, 1.807) is 20.3 Å². The van der Waals surface area contributed by atoms with Gasteiger partial charge in [-0.1, -0.05) is 12.8 Å². The first kappa shape index (κ1) is 17.5. The standard InChI is InChI=1S/C17H25NO5S/c1-22-15-9-12-7-8-17(19,14(12)10-16(15)23-2)11-18-24(20,21)13-5-3-4-6-13/h9-10,13,18-19H,3-8,11H2,1-2H3. The Morgan fingerprint density at radius 2 is 1.83 bits per heavy atom. The molecule has 7 heteroatoms. The summed E-state index contributed by atoms with van der Waals surface area (Å²) in [5.74, 6) is 1.15. The highest BCUT2D eigenvalue weighted by atomic mass is 32.2. The predicted molar refractivity (Wildman–Crippen MR) is 90.9 cm³/mol. The van der Waals surface area contributed by atoms with Gasteiger partial charge in [-0.25, -0.2) is 13.1 Å². The average Bonchev–Trinajstić information content (AvgIpc) is 3.22. The number of sulfonamides is 1. The lowest BCUT2D eigenvalue weighted by Gasteiger charge is -2.26. The number of benzene rings is 1. The number of fused-ring (bicyclic) bond motifs is 1. The molecule has 6 nitrogen and oxygen atoms in total. The van der Waals surface area contributed by atoms with Crippen molar-refractivity contribution in [3.63, 3.8) is 0 Å². The van der Waals surface area contributed by atoms with Crippen LogP contribution in [0.15, 0.2) is 12.1 Å². The zero-order chi connectivity index (χ0) is 17.4. The number of ether oxygens (including phenoxy) is 2. The number of aliphatic hydroxyl groups is 1. The van der Waals surface area contributed by atoms with E-state index < -0.39 is 15.6 Å². The Morgan fingerprint density at radius 3 is 2.46 bits per heavy atom. The molecule has 0 amide bonds. The van der Waals surface area contributed by atoms with Crippen LogP contribution in [0.4, 0.5) is 0 Å². The smallest absolute Gasteiger partial charge is 0.214 e. The van der Waals surface area contributed by atoms with Gasteiger partial charge in [0, 0.05) is 6.54 Å². The lowest BCUT2D eigenvalue weighted by molar-refractivity contribution is 0.0439. The molecule has 2 aliphatic carbocycles. The monoisotopic (exact) mass is 355 g/mol. The van der Waals surface area contributed by atoms with Crippen LogP contribution in [-0.4, -0.2) is 39.5 Å². The number of hydrogen-bond donors (Lipinski definition) is 2. The molecule has 2 N–H and O–H groups in total. The topological polar surface area (TPSA) is 84.9 Å². The number of rotatable bonds is 6. The molecule has 0 aliphatic heterocycles. The van der Waals surface area contributed by atoms with Crippen molar-refractivity contribution in [3.05, 3.63) is 23.3 Å². The summed E-state index contributed by atoms with van der Waals surface area (Å²) in [6.45, 7) is -0.00564. The van der Waals surface area contributed by atoms with Crippen LogP contribution in [0.5, 0.6) is 11.5 Å². The van der Waals surface area contributed by atoms with Gasteiger partial charge in [-0.3, -0.25) is 0 Å². The summed E-state index contributed by atoms with van der Waals surface area (Å²) in [5, 5.41) is 10.7. The highest BCUT2D eigenvalue weighted by molar-refractivity contribution is 7.90. The molecule has 0 aromatic heterocycles. The first-order chi connectivity index (χ1) is 11.4. The normalized spacial score (nSPS) is 24.1. The molecule has 1 atom stereocenters. The van der Waals surface area contributed by atoms with E-state index in [0.717, 1.165) is 18.4 Å². The highest BCUT2D eigenvalue weighted by Crippen LogP contribution is 2.42. The molecule has 0 saturated heterocycles. The van der Waals surface area contributed by atoms with Crippen molar-refractivity contribution < 1.29 is 23.0 Å². The second-order valence-corrected chi connectivity index (χ2v) is 8.71. The van der Waals surface area contributed by atoms with Gasteiger partial charge < -0.3 is 14.6 Å². The lowest BCUT2D eigenvalue weighted by Crippen LogP contribution is -2.42. The van der Waals surface area contributed by atoms with Gasteiger partial charge in [0.1, 0.15) is 5.60 Å². The summed E-state index contributed by atoms with van der Waals surface area (Å²) < 4.78 is 38.0. The van der Waals surface area contributed by atoms with E-state index in [2.05, 4.69) is 4.72 Å². The van der Waals surface area contributed by atoms with Gasteiger partial charge in [0.05, 0.1) is 19.5 Å². The Bertz CT molecular complexity index is 712. The zero-order valence-corrected chi connectivity index (χ0v) is 15.0. The van der Waals surface area contributed by atoms with E-state index in [1.165, 1.54) is 0 Å². The van der Waals surface area contributed by atoms with E-state index in [0.29, 0.717) is 42.7 Å². The molecule has 0 bridgehead atoms. The van der Waals surface area contributed by atoms with Gasteiger partial charge in [0.25, 0.3) is 0 Å². The molecule has 1 saturated carbocycles. The van der Waals surface area contributed by atoms with Crippen molar-refractivity contribution in [2.24, 2.45) is 0 Å². The summed E-state index contributed by atoms with van der Waals surface area (Å²) in [4.78, 5) is 0. The largest absolute Gasteiger partial charge is 0.493 e. The van der Waals surface area contributed by atoms with E-state index in [4.69, 9.17) is 9.47 Å². The molecule has 3 rings (SSSR count). The molecule has 24 heavy (non-hydrogen) atoms. The Kier molecular flexibility index (Phi) is 4.77. The van der Waals surface area contributed by atoms with E-state index >= 15 is 0 Å². The van der Waals surface area contributed by atoms with Crippen molar-refractivity contribution in [3.8, 4) is 11.5 Å². The maximum absolute atomic E-state index is 12.4. The second-order valence-electron chi connectivity index (χ2n) is 6.67. The summed E-state index contributed by atoms with van der Waals surface area (Å²) in [6, 6.07) is 3.61. The van der Waals surface area contributed by atoms with Gasteiger partial charge in [-0.15, -0.1) is 0 Å². The molecule has 1 unspecified atom stereocenters. The minimum atomic E-state index is -3.38. The van der Waals surface area contributed by atoms with Crippen molar-refractivity contribution in [1.29, 1.82) is 0 Å². The molecular weight excluding hydrogens is 330 g/mol. The minimum Gasteiger partial charge on any atom is -0.493 e. The average molecular weight is 355 g/mol. The summed E-state index contributed by atoms with van der Waals surface area (Å²) in [7, 11) is -0.269. The third-order valence-corrected chi connectivity index (χ3v) is 7.12. The summed E-state index contributed by atoms with van der Waals surface area (Å²) in [6.07, 6.45) is 4.47. The molecule has 0 heterocycles. The Balaban J connectivity index is 1.81. The van der Waals surface area contributed by atoms with Gasteiger partial charge in [-0.05, 0) is 48.9 Å². The molecular formula is C17H25NO5S. The summed E-state index contributed by atoms with van der Waals surface area (Å²) in [5.41, 5.74) is 0.477. The molecule has 134 valence electrons. The van der Waals surface area contributed by atoms with Crippen molar-refractivity contribution in [2.75, 3.05) is 20.8 Å². The molecule has 0 radical (unpaired) electrons. The van der Waals surface area contributed by atoms with Gasteiger partial charge in [0.2, 0.25) is 10.0 Å². The van der Waals surface area contributed by atoms with Crippen LogP contribution in [0, 0.1) is 0 Å². The van der Waals surface area contributed by atoms with Gasteiger partial charge >= 0.3 is 0 Å². The van der Waals surface area contributed by atoms with Crippen molar-refractivity contribution in [1.82, 2.24) is 4.72 Å². The first-order valence-corrected chi connectivity index (χ1v) is 9.90. The van der Waals surface area contributed by atoms with Crippen LogP contribution in [-0.2, 0) is 22.0 Å². The first-order valence-electron chi connectivity index (χ1n) is 8.36. The predicted octanol–water partition coefficient (Wildman–Crippen LogP) is 1.70. The molecule has 1 aromatic rings. The molecule has 0 spiro atoms. The highest BCUT2D eigenvalue weighted by Gasteiger charge is 2.40. The van der Waals surface area contributed by atoms with Crippen molar-refractivity contribution in [2.45, 2.75) is 49.4 Å². The van der Waals surface area contributed by atoms with Crippen LogP contribution < -0.4 is 14.2 Å². The third kappa shape index (κ3) is 3.12. The van der Waals surface area contributed by atoms with Gasteiger partial charge in [0.15, 0.2) is 11.5 Å². The molecule has 1 aromatic carbocycles. The Labute approximate surface area is 143 Å². The minimum absolute atomic E-state index is 0.00564. The van der Waals surface area contributed by atoms with Crippen LogP contribution in [0.25, 0.3) is 0 Å². The number of hydrogen-bond acceptors (Lipinski definition) is 5. The maximum atomic E-state index is 12.4. The Morgan fingerprint density at radius 1 is 1.21 bits per heavy atom. The van der Waals surface area contributed by atoms with E-state index in [-0.39, 0.29) is 11.8 Å². The fourth-order valence-corrected chi connectivity index (χ4v) is 5.39. The third-order valence-electron chi connectivity index (χ3n) is 5.23. The zero-order valence-electron chi connectivity index (χ0n) is 14.2. The van der Waals surface area contributed by atoms with Crippen LogP contribution in [0.2, 0.25) is 0 Å². The number of nitrogens with one attached hydrogen (secondary N) is 1. The van der Waals surface area contributed by atoms with E-state index in [9.17, 15) is 13.5 Å². The fraction of sp³-hybridized carbons (Fsp3) is 0.647. The Hall–Kier alpha value is -1.31. The summed E-state index contributed by atoms with van der Waals surface area (Å²) >= 11 is 0. The molecule has 1 fully saturated rings. The SMILES string of the molecule is COc1cc2c(cc1OC)C(O)(CNS(=O)(=O)C1CCCC1)CC2. The maximum Gasteiger partial charge on any atom is 0.214 e. The quantitative estimate of drug-likeness (QED) is 0.811. The lowest BCUT2D eigenvalue weighted by atomic mass is 9.96. The van der Waals surface area contributed by atoms with Crippen molar-refractivity contribution >= 4 is 10.0 Å². The van der Waals surface area contributed by atoms with Crippen LogP contribution >= 0.6 is 0 Å². The van der Waals surface area contributed by atoms with Gasteiger partial charge in [-0.2, -0.15) is 0 Å². The van der Waals surface area contributed by atoms with Crippen LogP contribution in [0.1, 0.15) is 43.2 Å². The fourth-order valence-electron chi connectivity index (χ4n) is 3.76. The van der Waals surface area contributed by atoms with E-state index in [1.807, 2.05) is 6.07 Å².